The molecule has 3 heterocycles. The number of carbonyl (C=O) groups excluding carboxylic acids is 1. The number of amides is 1. The Labute approximate surface area is 167 Å². The summed E-state index contributed by atoms with van der Waals surface area (Å²) in [6, 6.07) is 11.2. The third-order valence-electron chi connectivity index (χ3n) is 5.09. The highest BCUT2D eigenvalue weighted by atomic mass is 19.1. The number of methoxy groups -OCH3 is 1. The Hall–Kier alpha value is -3.47. The second kappa shape index (κ2) is 7.87. The SMILES string of the molecule is COc1ccc(-n2c(CC#N)nc3cc(C(=O)N4CCC(F)CC4)cnc32)cc1. The van der Waals surface area contributed by atoms with Crippen LogP contribution in [0.2, 0.25) is 0 Å². The maximum Gasteiger partial charge on any atom is 0.255 e. The van der Waals surface area contributed by atoms with Crippen LogP contribution in [-0.4, -0.2) is 51.7 Å². The van der Waals surface area contributed by atoms with E-state index in [9.17, 15) is 14.4 Å². The minimum atomic E-state index is -0.839. The number of piperidine rings is 1. The van der Waals surface area contributed by atoms with Crippen molar-refractivity contribution >= 4 is 17.1 Å². The summed E-state index contributed by atoms with van der Waals surface area (Å²) in [5, 5.41) is 9.20. The number of hydrogen-bond acceptors (Lipinski definition) is 5. The van der Waals surface area contributed by atoms with Gasteiger partial charge in [-0.2, -0.15) is 5.26 Å². The monoisotopic (exact) mass is 393 g/mol. The molecule has 1 amide bonds. The molecule has 0 atom stereocenters. The molecule has 0 N–H and O–H groups in total. The fourth-order valence-electron chi connectivity index (χ4n) is 3.55. The van der Waals surface area contributed by atoms with E-state index in [1.54, 1.807) is 22.6 Å². The first-order chi connectivity index (χ1) is 14.1. The van der Waals surface area contributed by atoms with Crippen molar-refractivity contribution in [2.24, 2.45) is 0 Å². The number of imidazole rings is 1. The molecule has 0 unspecified atom stereocenters. The van der Waals surface area contributed by atoms with Crippen molar-refractivity contribution in [2.75, 3.05) is 20.2 Å². The van der Waals surface area contributed by atoms with E-state index in [1.807, 2.05) is 24.3 Å². The number of rotatable bonds is 4. The van der Waals surface area contributed by atoms with Gasteiger partial charge in [0.2, 0.25) is 0 Å². The van der Waals surface area contributed by atoms with Gasteiger partial charge in [-0.1, -0.05) is 0 Å². The van der Waals surface area contributed by atoms with Crippen LogP contribution in [-0.2, 0) is 6.42 Å². The lowest BCUT2D eigenvalue weighted by molar-refractivity contribution is 0.0666. The predicted molar refractivity (Wildman–Crippen MR) is 105 cm³/mol. The molecule has 0 radical (unpaired) electrons. The van der Waals surface area contributed by atoms with Gasteiger partial charge in [0, 0.05) is 25.0 Å². The maximum absolute atomic E-state index is 13.4. The molecule has 1 saturated heterocycles. The van der Waals surface area contributed by atoms with E-state index < -0.39 is 6.17 Å². The van der Waals surface area contributed by atoms with E-state index in [1.165, 1.54) is 6.20 Å². The zero-order valence-corrected chi connectivity index (χ0v) is 16.0. The van der Waals surface area contributed by atoms with Crippen LogP contribution in [0.5, 0.6) is 5.75 Å². The topological polar surface area (TPSA) is 84.0 Å². The van der Waals surface area contributed by atoms with Gasteiger partial charge in [-0.15, -0.1) is 0 Å². The zero-order valence-electron chi connectivity index (χ0n) is 16.0. The first kappa shape index (κ1) is 18.9. The largest absolute Gasteiger partial charge is 0.497 e. The molecule has 148 valence electrons. The minimum Gasteiger partial charge on any atom is -0.497 e. The molecule has 1 fully saturated rings. The highest BCUT2D eigenvalue weighted by Crippen LogP contribution is 2.24. The second-order valence-electron chi connectivity index (χ2n) is 6.93. The van der Waals surface area contributed by atoms with Gasteiger partial charge in [0.05, 0.1) is 25.2 Å². The molecule has 0 spiro atoms. The Bertz CT molecular complexity index is 1080. The molecule has 4 rings (SSSR count). The van der Waals surface area contributed by atoms with Crippen LogP contribution in [0.25, 0.3) is 16.9 Å². The van der Waals surface area contributed by atoms with Gasteiger partial charge in [0.25, 0.3) is 5.91 Å². The third-order valence-corrected chi connectivity index (χ3v) is 5.09. The van der Waals surface area contributed by atoms with E-state index >= 15 is 0 Å². The van der Waals surface area contributed by atoms with Gasteiger partial charge < -0.3 is 9.64 Å². The molecule has 29 heavy (non-hydrogen) atoms. The molecule has 0 saturated carbocycles. The first-order valence-corrected chi connectivity index (χ1v) is 9.43. The van der Waals surface area contributed by atoms with Gasteiger partial charge in [-0.3, -0.25) is 9.36 Å². The predicted octanol–water partition coefficient (Wildman–Crippen LogP) is 3.07. The Kier molecular flexibility index (Phi) is 5.12. The van der Waals surface area contributed by atoms with Crippen molar-refractivity contribution in [3.8, 4) is 17.5 Å². The van der Waals surface area contributed by atoms with Crippen LogP contribution < -0.4 is 4.74 Å². The number of nitrogens with zero attached hydrogens (tertiary/aromatic N) is 5. The highest BCUT2D eigenvalue weighted by Gasteiger charge is 2.24. The van der Waals surface area contributed by atoms with Crippen molar-refractivity contribution in [2.45, 2.75) is 25.4 Å². The number of likely N-dealkylation sites (tertiary alicyclic amines) is 1. The van der Waals surface area contributed by atoms with Crippen LogP contribution in [0.3, 0.4) is 0 Å². The van der Waals surface area contributed by atoms with Crippen molar-refractivity contribution in [1.29, 1.82) is 5.26 Å². The van der Waals surface area contributed by atoms with Crippen LogP contribution >= 0.6 is 0 Å². The Balaban J connectivity index is 1.72. The smallest absolute Gasteiger partial charge is 0.255 e. The summed E-state index contributed by atoms with van der Waals surface area (Å²) in [5.74, 6) is 1.09. The summed E-state index contributed by atoms with van der Waals surface area (Å²) in [5.41, 5.74) is 2.32. The van der Waals surface area contributed by atoms with E-state index in [0.29, 0.717) is 48.5 Å². The minimum absolute atomic E-state index is 0.107. The third kappa shape index (κ3) is 3.63. The lowest BCUT2D eigenvalue weighted by Gasteiger charge is -2.28. The van der Waals surface area contributed by atoms with Crippen LogP contribution in [0.1, 0.15) is 29.0 Å². The molecule has 7 nitrogen and oxygen atoms in total. The number of fused-ring (bicyclic) bond motifs is 1. The second-order valence-corrected chi connectivity index (χ2v) is 6.93. The number of aromatic nitrogens is 3. The summed E-state index contributed by atoms with van der Waals surface area (Å²) < 4.78 is 20.4. The van der Waals surface area contributed by atoms with Gasteiger partial charge >= 0.3 is 0 Å². The summed E-state index contributed by atoms with van der Waals surface area (Å²) >= 11 is 0. The summed E-state index contributed by atoms with van der Waals surface area (Å²) in [7, 11) is 1.60. The number of carbonyl (C=O) groups is 1. The van der Waals surface area contributed by atoms with Gasteiger partial charge in [-0.05, 0) is 43.2 Å². The van der Waals surface area contributed by atoms with E-state index in [-0.39, 0.29) is 12.3 Å². The van der Waals surface area contributed by atoms with Gasteiger partial charge in [0.1, 0.15) is 23.3 Å². The highest BCUT2D eigenvalue weighted by molar-refractivity contribution is 5.96. The molecule has 0 aliphatic carbocycles. The van der Waals surface area contributed by atoms with E-state index in [0.717, 1.165) is 11.4 Å². The number of benzene rings is 1. The molecule has 1 aliphatic rings. The fourth-order valence-corrected chi connectivity index (χ4v) is 3.55. The van der Waals surface area contributed by atoms with Crippen LogP contribution in [0.15, 0.2) is 36.5 Å². The fraction of sp³-hybridized carbons (Fsp3) is 0.333. The Morgan fingerprint density at radius 1 is 1.31 bits per heavy atom. The van der Waals surface area contributed by atoms with Gasteiger partial charge in [0.15, 0.2) is 5.65 Å². The first-order valence-electron chi connectivity index (χ1n) is 9.43. The van der Waals surface area contributed by atoms with Crippen LogP contribution in [0.4, 0.5) is 4.39 Å². The lowest BCUT2D eigenvalue weighted by Crippen LogP contribution is -2.39. The lowest BCUT2D eigenvalue weighted by atomic mass is 10.1. The quantitative estimate of drug-likeness (QED) is 0.680. The zero-order chi connectivity index (χ0) is 20.4. The number of nitriles is 1. The van der Waals surface area contributed by atoms with Crippen molar-refractivity contribution in [3.63, 3.8) is 0 Å². The number of alkyl halides is 1. The number of ether oxygens (including phenoxy) is 1. The van der Waals surface area contributed by atoms with Crippen LogP contribution in [0, 0.1) is 11.3 Å². The standard InChI is InChI=1S/C21H20FN5O2/c1-29-17-4-2-16(3-5-17)27-19(6-9-23)25-18-12-14(13-24-20(18)27)21(28)26-10-7-15(22)8-11-26/h2-5,12-13,15H,6-8,10-11H2,1H3. The molecular formula is C21H20FN5O2. The Morgan fingerprint density at radius 3 is 2.69 bits per heavy atom. The van der Waals surface area contributed by atoms with Crippen molar-refractivity contribution < 1.29 is 13.9 Å². The molecule has 2 aromatic heterocycles. The molecule has 0 bridgehead atoms. The Morgan fingerprint density at radius 2 is 2.03 bits per heavy atom. The number of halogens is 1. The molecule has 3 aromatic rings. The van der Waals surface area contributed by atoms with Crippen molar-refractivity contribution in [1.82, 2.24) is 19.4 Å². The maximum atomic E-state index is 13.4. The summed E-state index contributed by atoms with van der Waals surface area (Å²) in [6.45, 7) is 0.802. The number of pyridine rings is 1. The van der Waals surface area contributed by atoms with Crippen molar-refractivity contribution in [3.05, 3.63) is 47.9 Å². The summed E-state index contributed by atoms with van der Waals surface area (Å²) in [4.78, 5) is 23.4. The normalized spacial score (nSPS) is 14.7. The molecule has 1 aliphatic heterocycles. The molecular weight excluding hydrogens is 373 g/mol. The average molecular weight is 393 g/mol. The van der Waals surface area contributed by atoms with E-state index in [2.05, 4.69) is 16.0 Å². The average Bonchev–Trinajstić information content (AvgIpc) is 3.11. The molecule has 1 aromatic carbocycles. The number of hydrogen-bond donors (Lipinski definition) is 0. The summed E-state index contributed by atoms with van der Waals surface area (Å²) in [6.07, 6.45) is 1.51. The van der Waals surface area contributed by atoms with E-state index in [4.69, 9.17) is 4.74 Å². The molecule has 8 heteroatoms. The van der Waals surface area contributed by atoms with Gasteiger partial charge in [-0.25, -0.2) is 14.4 Å².